The van der Waals surface area contributed by atoms with Crippen LogP contribution in [0.15, 0.2) is 6.07 Å². The van der Waals surface area contributed by atoms with Crippen LogP contribution in [-0.4, -0.2) is 23.4 Å². The van der Waals surface area contributed by atoms with Crippen molar-refractivity contribution in [3.63, 3.8) is 0 Å². The Balaban J connectivity index is 2.22. The topological polar surface area (TPSA) is 44.1 Å². The Morgan fingerprint density at radius 3 is 2.94 bits per heavy atom. The van der Waals surface area contributed by atoms with E-state index in [4.69, 9.17) is 5.26 Å². The normalized spacial score (nSPS) is 19.8. The summed E-state index contributed by atoms with van der Waals surface area (Å²) in [5.41, 5.74) is 1.15. The van der Waals surface area contributed by atoms with E-state index in [-0.39, 0.29) is 11.9 Å². The third-order valence-electron chi connectivity index (χ3n) is 3.04. The minimum atomic E-state index is -0.227. The molecule has 0 radical (unpaired) electrons. The summed E-state index contributed by atoms with van der Waals surface area (Å²) in [7, 11) is 0. The molecule has 0 saturated carbocycles. The lowest BCUT2D eigenvalue weighted by Gasteiger charge is -2.18. The van der Waals surface area contributed by atoms with Crippen molar-refractivity contribution in [3.8, 4) is 6.07 Å². The second kappa shape index (κ2) is 4.26. The molecule has 1 aliphatic heterocycles. The minimum absolute atomic E-state index is 0.0188. The first-order chi connectivity index (χ1) is 7.63. The Kier molecular flexibility index (Phi) is 2.97. The molecule has 0 bridgehead atoms. The number of carbonyl (C=O) groups is 1. The molecule has 1 aliphatic rings. The molecule has 1 saturated heterocycles. The van der Waals surface area contributed by atoms with Crippen LogP contribution < -0.4 is 0 Å². The Morgan fingerprint density at radius 1 is 1.62 bits per heavy atom. The van der Waals surface area contributed by atoms with E-state index in [9.17, 15) is 4.79 Å². The minimum Gasteiger partial charge on any atom is -0.322 e. The van der Waals surface area contributed by atoms with Gasteiger partial charge in [-0.3, -0.25) is 4.79 Å². The first-order valence-electron chi connectivity index (χ1n) is 5.41. The Bertz CT molecular complexity index is 439. The molecule has 3 nitrogen and oxygen atoms in total. The van der Waals surface area contributed by atoms with Crippen LogP contribution in [-0.2, 0) is 0 Å². The predicted octanol–water partition coefficient (Wildman–Crippen LogP) is 2.49. The summed E-state index contributed by atoms with van der Waals surface area (Å²) in [5.74, 6) is 0.0188. The maximum atomic E-state index is 12.2. The average molecular weight is 234 g/mol. The first-order valence-corrected chi connectivity index (χ1v) is 6.22. The smallest absolute Gasteiger partial charge is 0.265 e. The van der Waals surface area contributed by atoms with Gasteiger partial charge in [-0.15, -0.1) is 11.3 Å². The van der Waals surface area contributed by atoms with E-state index in [1.165, 1.54) is 16.2 Å². The molecule has 0 spiro atoms. The number of rotatable bonds is 1. The van der Waals surface area contributed by atoms with Crippen molar-refractivity contribution in [2.75, 3.05) is 6.54 Å². The van der Waals surface area contributed by atoms with Crippen molar-refractivity contribution in [3.05, 3.63) is 21.4 Å². The molecule has 1 aromatic heterocycles. The Hall–Kier alpha value is -1.34. The van der Waals surface area contributed by atoms with E-state index in [0.29, 0.717) is 6.54 Å². The standard InChI is InChI=1S/C12H14N2OS/c1-8-6-11(16-9(8)2)12(15)14-5-3-4-10(14)7-13/h6,10H,3-5H2,1-2H3. The highest BCUT2D eigenvalue weighted by atomic mass is 32.1. The van der Waals surface area contributed by atoms with Gasteiger partial charge in [-0.2, -0.15) is 5.26 Å². The summed E-state index contributed by atoms with van der Waals surface area (Å²) in [6.45, 7) is 4.74. The van der Waals surface area contributed by atoms with Gasteiger partial charge in [0.05, 0.1) is 10.9 Å². The Morgan fingerprint density at radius 2 is 2.38 bits per heavy atom. The molecule has 1 atom stereocenters. The summed E-state index contributed by atoms with van der Waals surface area (Å²) >= 11 is 1.52. The third kappa shape index (κ3) is 1.83. The fraction of sp³-hybridized carbons (Fsp3) is 0.500. The molecular formula is C12H14N2OS. The molecule has 16 heavy (non-hydrogen) atoms. The molecule has 1 unspecified atom stereocenters. The number of carbonyl (C=O) groups excluding carboxylic acids is 1. The lowest BCUT2D eigenvalue weighted by molar-refractivity contribution is 0.0769. The third-order valence-corrected chi connectivity index (χ3v) is 4.18. The average Bonchev–Trinajstić information content (AvgIpc) is 2.85. The van der Waals surface area contributed by atoms with Crippen LogP contribution in [0.5, 0.6) is 0 Å². The monoisotopic (exact) mass is 234 g/mol. The maximum Gasteiger partial charge on any atom is 0.265 e. The fourth-order valence-electron chi connectivity index (χ4n) is 1.96. The van der Waals surface area contributed by atoms with Gasteiger partial charge in [-0.1, -0.05) is 0 Å². The molecule has 1 amide bonds. The summed E-state index contributed by atoms with van der Waals surface area (Å²) < 4.78 is 0. The molecule has 2 heterocycles. The van der Waals surface area contributed by atoms with Gasteiger partial charge in [-0.25, -0.2) is 0 Å². The number of aryl methyl sites for hydroxylation is 2. The van der Waals surface area contributed by atoms with Crippen LogP contribution >= 0.6 is 11.3 Å². The second-order valence-corrected chi connectivity index (χ2v) is 5.39. The van der Waals surface area contributed by atoms with Gasteiger partial charge in [0.2, 0.25) is 0 Å². The van der Waals surface area contributed by atoms with E-state index in [1.54, 1.807) is 4.90 Å². The maximum absolute atomic E-state index is 12.2. The van der Waals surface area contributed by atoms with Crippen LogP contribution in [0.3, 0.4) is 0 Å². The number of hydrogen-bond acceptors (Lipinski definition) is 3. The molecule has 0 N–H and O–H groups in total. The lowest BCUT2D eigenvalue weighted by atomic mass is 10.2. The van der Waals surface area contributed by atoms with Crippen molar-refractivity contribution in [1.82, 2.24) is 4.90 Å². The number of thiophene rings is 1. The fourth-order valence-corrected chi connectivity index (χ4v) is 2.95. The van der Waals surface area contributed by atoms with Crippen molar-refractivity contribution >= 4 is 17.2 Å². The molecule has 0 aliphatic carbocycles. The molecule has 4 heteroatoms. The molecule has 1 aromatic rings. The number of nitrogens with zero attached hydrogens (tertiary/aromatic N) is 2. The zero-order chi connectivity index (χ0) is 11.7. The van der Waals surface area contributed by atoms with Crippen molar-refractivity contribution in [1.29, 1.82) is 5.26 Å². The van der Waals surface area contributed by atoms with E-state index < -0.39 is 0 Å². The van der Waals surface area contributed by atoms with Gasteiger partial charge in [0.15, 0.2) is 0 Å². The Labute approximate surface area is 99.3 Å². The highest BCUT2D eigenvalue weighted by Crippen LogP contribution is 2.25. The molecule has 0 aromatic carbocycles. The quantitative estimate of drug-likeness (QED) is 0.749. The largest absolute Gasteiger partial charge is 0.322 e. The van der Waals surface area contributed by atoms with Crippen molar-refractivity contribution in [2.24, 2.45) is 0 Å². The molecule has 1 fully saturated rings. The van der Waals surface area contributed by atoms with E-state index in [1.807, 2.05) is 19.9 Å². The van der Waals surface area contributed by atoms with Gasteiger partial charge in [0.25, 0.3) is 5.91 Å². The highest BCUT2D eigenvalue weighted by molar-refractivity contribution is 7.14. The SMILES string of the molecule is Cc1cc(C(=O)N2CCCC2C#N)sc1C. The van der Waals surface area contributed by atoms with E-state index >= 15 is 0 Å². The summed E-state index contributed by atoms with van der Waals surface area (Å²) in [6.07, 6.45) is 1.75. The number of likely N-dealkylation sites (tertiary alicyclic amines) is 1. The van der Waals surface area contributed by atoms with Crippen molar-refractivity contribution in [2.45, 2.75) is 32.7 Å². The summed E-state index contributed by atoms with van der Waals surface area (Å²) in [6, 6.07) is 3.89. The van der Waals surface area contributed by atoms with Gasteiger partial charge in [0, 0.05) is 11.4 Å². The van der Waals surface area contributed by atoms with Gasteiger partial charge in [-0.05, 0) is 38.3 Å². The first kappa shape index (κ1) is 11.2. The van der Waals surface area contributed by atoms with Crippen LogP contribution in [0.2, 0.25) is 0 Å². The van der Waals surface area contributed by atoms with Crippen LogP contribution in [0, 0.1) is 25.2 Å². The second-order valence-electron chi connectivity index (χ2n) is 4.14. The van der Waals surface area contributed by atoms with Gasteiger partial charge in [0.1, 0.15) is 6.04 Å². The zero-order valence-corrected chi connectivity index (χ0v) is 10.3. The van der Waals surface area contributed by atoms with Gasteiger partial charge < -0.3 is 4.90 Å². The molecule has 84 valence electrons. The number of nitriles is 1. The van der Waals surface area contributed by atoms with E-state index in [2.05, 4.69) is 6.07 Å². The summed E-state index contributed by atoms with van der Waals surface area (Å²) in [4.78, 5) is 15.8. The number of hydrogen-bond donors (Lipinski definition) is 0. The van der Waals surface area contributed by atoms with Crippen LogP contribution in [0.25, 0.3) is 0 Å². The molecule has 2 rings (SSSR count). The van der Waals surface area contributed by atoms with Crippen LogP contribution in [0.4, 0.5) is 0 Å². The lowest BCUT2D eigenvalue weighted by Crippen LogP contribution is -2.34. The van der Waals surface area contributed by atoms with E-state index in [0.717, 1.165) is 23.3 Å². The predicted molar refractivity (Wildman–Crippen MR) is 63.5 cm³/mol. The van der Waals surface area contributed by atoms with Crippen molar-refractivity contribution < 1.29 is 4.79 Å². The van der Waals surface area contributed by atoms with Crippen LogP contribution in [0.1, 0.15) is 33.0 Å². The zero-order valence-electron chi connectivity index (χ0n) is 9.49. The highest BCUT2D eigenvalue weighted by Gasteiger charge is 2.30. The number of amides is 1. The molecular weight excluding hydrogens is 220 g/mol. The van der Waals surface area contributed by atoms with Gasteiger partial charge >= 0.3 is 0 Å². The summed E-state index contributed by atoms with van der Waals surface area (Å²) in [5, 5.41) is 8.95.